The predicted molar refractivity (Wildman–Crippen MR) is 66.7 cm³/mol. The van der Waals surface area contributed by atoms with Crippen molar-refractivity contribution in [2.75, 3.05) is 39.9 Å². The van der Waals surface area contributed by atoms with E-state index in [1.807, 2.05) is 0 Å². The van der Waals surface area contributed by atoms with Gasteiger partial charge in [0.05, 0.1) is 6.61 Å². The Labute approximate surface area is 99.5 Å². The van der Waals surface area contributed by atoms with Gasteiger partial charge in [0.25, 0.3) is 0 Å². The molecule has 1 N–H and O–H groups in total. The van der Waals surface area contributed by atoms with E-state index in [9.17, 15) is 0 Å². The second-order valence-electron chi connectivity index (χ2n) is 5.40. The lowest BCUT2D eigenvalue weighted by Gasteiger charge is -2.30. The van der Waals surface area contributed by atoms with E-state index >= 15 is 0 Å². The van der Waals surface area contributed by atoms with Crippen molar-refractivity contribution in [3.8, 4) is 0 Å². The first-order valence-electron chi connectivity index (χ1n) is 6.84. The Morgan fingerprint density at radius 2 is 2.06 bits per heavy atom. The standard InChI is InChI=1S/C13H26N2O/c1-15-8-5-12(6-9-15)4-7-14-13-3-2-10-16-11-13/h12-14H,2-11H2,1H3. The van der Waals surface area contributed by atoms with Gasteiger partial charge in [-0.1, -0.05) is 0 Å². The van der Waals surface area contributed by atoms with Crippen LogP contribution in [-0.2, 0) is 4.74 Å². The summed E-state index contributed by atoms with van der Waals surface area (Å²) in [4.78, 5) is 2.44. The normalized spacial score (nSPS) is 29.4. The highest BCUT2D eigenvalue weighted by Crippen LogP contribution is 2.19. The molecule has 0 saturated carbocycles. The van der Waals surface area contributed by atoms with Gasteiger partial charge in [0, 0.05) is 12.6 Å². The van der Waals surface area contributed by atoms with Crippen LogP contribution < -0.4 is 5.32 Å². The van der Waals surface area contributed by atoms with E-state index < -0.39 is 0 Å². The summed E-state index contributed by atoms with van der Waals surface area (Å²) in [6.45, 7) is 5.65. The molecule has 2 fully saturated rings. The van der Waals surface area contributed by atoms with Gasteiger partial charge in [-0.3, -0.25) is 0 Å². The van der Waals surface area contributed by atoms with Crippen LogP contribution in [0.5, 0.6) is 0 Å². The largest absolute Gasteiger partial charge is 0.380 e. The van der Waals surface area contributed by atoms with Crippen molar-refractivity contribution >= 4 is 0 Å². The van der Waals surface area contributed by atoms with Gasteiger partial charge in [-0.05, 0) is 64.7 Å². The van der Waals surface area contributed by atoms with Gasteiger partial charge < -0.3 is 15.0 Å². The Kier molecular flexibility index (Phi) is 5.07. The number of rotatable bonds is 4. The summed E-state index contributed by atoms with van der Waals surface area (Å²) in [5.41, 5.74) is 0. The highest BCUT2D eigenvalue weighted by Gasteiger charge is 2.17. The molecule has 0 amide bonds. The maximum absolute atomic E-state index is 5.47. The summed E-state index contributed by atoms with van der Waals surface area (Å²) < 4.78 is 5.47. The average Bonchev–Trinajstić information content (AvgIpc) is 2.33. The second kappa shape index (κ2) is 6.58. The van der Waals surface area contributed by atoms with Crippen LogP contribution in [0.3, 0.4) is 0 Å². The fourth-order valence-corrected chi connectivity index (χ4v) is 2.74. The van der Waals surface area contributed by atoms with Crippen LogP contribution in [-0.4, -0.2) is 50.8 Å². The molecule has 2 saturated heterocycles. The molecule has 1 unspecified atom stereocenters. The minimum absolute atomic E-state index is 0.625. The van der Waals surface area contributed by atoms with Gasteiger partial charge in [0.2, 0.25) is 0 Å². The first-order chi connectivity index (χ1) is 7.84. The predicted octanol–water partition coefficient (Wildman–Crippen LogP) is 1.49. The Hall–Kier alpha value is -0.120. The minimum Gasteiger partial charge on any atom is -0.380 e. The number of likely N-dealkylation sites (tertiary alicyclic amines) is 1. The molecule has 0 bridgehead atoms. The summed E-state index contributed by atoms with van der Waals surface area (Å²) >= 11 is 0. The lowest BCUT2D eigenvalue weighted by molar-refractivity contribution is 0.0696. The molecule has 94 valence electrons. The van der Waals surface area contributed by atoms with E-state index in [-0.39, 0.29) is 0 Å². The third-order valence-electron chi connectivity index (χ3n) is 3.98. The first-order valence-corrected chi connectivity index (χ1v) is 6.84. The van der Waals surface area contributed by atoms with Crippen molar-refractivity contribution in [3.05, 3.63) is 0 Å². The molecule has 2 rings (SSSR count). The summed E-state index contributed by atoms with van der Waals surface area (Å²) in [5, 5.41) is 3.64. The van der Waals surface area contributed by atoms with E-state index in [2.05, 4.69) is 17.3 Å². The molecule has 0 radical (unpaired) electrons. The summed E-state index contributed by atoms with van der Waals surface area (Å²) in [5.74, 6) is 0.952. The van der Waals surface area contributed by atoms with Crippen molar-refractivity contribution in [1.82, 2.24) is 10.2 Å². The van der Waals surface area contributed by atoms with Gasteiger partial charge >= 0.3 is 0 Å². The molecular weight excluding hydrogens is 200 g/mol. The van der Waals surface area contributed by atoms with Crippen molar-refractivity contribution in [2.24, 2.45) is 5.92 Å². The van der Waals surface area contributed by atoms with Crippen molar-refractivity contribution in [3.63, 3.8) is 0 Å². The SMILES string of the molecule is CN1CCC(CCNC2CCCOC2)CC1. The third kappa shape index (κ3) is 4.04. The number of piperidine rings is 1. The van der Waals surface area contributed by atoms with Crippen LogP contribution in [0.4, 0.5) is 0 Å². The molecule has 0 aromatic heterocycles. The van der Waals surface area contributed by atoms with E-state index in [0.29, 0.717) is 6.04 Å². The molecule has 16 heavy (non-hydrogen) atoms. The fraction of sp³-hybridized carbons (Fsp3) is 1.00. The van der Waals surface area contributed by atoms with Gasteiger partial charge in [-0.15, -0.1) is 0 Å². The molecule has 0 spiro atoms. The molecule has 1 atom stereocenters. The number of nitrogens with one attached hydrogen (secondary N) is 1. The summed E-state index contributed by atoms with van der Waals surface area (Å²) in [6, 6.07) is 0.625. The highest BCUT2D eigenvalue weighted by molar-refractivity contribution is 4.74. The molecule has 3 heteroatoms. The van der Waals surface area contributed by atoms with E-state index in [1.165, 1.54) is 51.7 Å². The van der Waals surface area contributed by atoms with Crippen LogP contribution in [0.15, 0.2) is 0 Å². The molecule has 0 aromatic rings. The average molecular weight is 226 g/mol. The van der Waals surface area contributed by atoms with Crippen LogP contribution in [0.25, 0.3) is 0 Å². The van der Waals surface area contributed by atoms with Gasteiger partial charge in [0.1, 0.15) is 0 Å². The number of nitrogens with zero attached hydrogens (tertiary/aromatic N) is 1. The van der Waals surface area contributed by atoms with Crippen molar-refractivity contribution in [1.29, 1.82) is 0 Å². The maximum Gasteiger partial charge on any atom is 0.0619 e. The fourth-order valence-electron chi connectivity index (χ4n) is 2.74. The van der Waals surface area contributed by atoms with Crippen molar-refractivity contribution < 1.29 is 4.74 Å². The quantitative estimate of drug-likeness (QED) is 0.786. The molecule has 2 heterocycles. The van der Waals surface area contributed by atoms with E-state index in [1.54, 1.807) is 0 Å². The number of hydrogen-bond donors (Lipinski definition) is 1. The van der Waals surface area contributed by atoms with Crippen LogP contribution in [0, 0.1) is 5.92 Å². The Bertz CT molecular complexity index is 184. The molecule has 3 nitrogen and oxygen atoms in total. The lowest BCUT2D eigenvalue weighted by atomic mass is 9.94. The second-order valence-corrected chi connectivity index (χ2v) is 5.40. The van der Waals surface area contributed by atoms with Crippen LogP contribution in [0.2, 0.25) is 0 Å². The molecule has 2 aliphatic heterocycles. The maximum atomic E-state index is 5.47. The zero-order chi connectivity index (χ0) is 11.2. The van der Waals surface area contributed by atoms with E-state index in [4.69, 9.17) is 4.74 Å². The Morgan fingerprint density at radius 1 is 1.25 bits per heavy atom. The minimum atomic E-state index is 0.625. The number of ether oxygens (including phenoxy) is 1. The third-order valence-corrected chi connectivity index (χ3v) is 3.98. The van der Waals surface area contributed by atoms with Crippen LogP contribution >= 0.6 is 0 Å². The molecule has 0 aliphatic carbocycles. The van der Waals surface area contributed by atoms with Gasteiger partial charge in [-0.25, -0.2) is 0 Å². The topological polar surface area (TPSA) is 24.5 Å². The van der Waals surface area contributed by atoms with Crippen LogP contribution in [0.1, 0.15) is 32.1 Å². The molecule has 0 aromatic carbocycles. The van der Waals surface area contributed by atoms with Gasteiger partial charge in [0.15, 0.2) is 0 Å². The van der Waals surface area contributed by atoms with E-state index in [0.717, 1.165) is 19.1 Å². The van der Waals surface area contributed by atoms with Crippen molar-refractivity contribution in [2.45, 2.75) is 38.1 Å². The number of hydrogen-bond acceptors (Lipinski definition) is 3. The lowest BCUT2D eigenvalue weighted by Crippen LogP contribution is -2.38. The summed E-state index contributed by atoms with van der Waals surface area (Å²) in [6.07, 6.45) is 6.66. The zero-order valence-corrected chi connectivity index (χ0v) is 10.6. The Morgan fingerprint density at radius 3 is 2.75 bits per heavy atom. The van der Waals surface area contributed by atoms with Gasteiger partial charge in [-0.2, -0.15) is 0 Å². The Balaban J connectivity index is 1.53. The molecule has 2 aliphatic rings. The highest BCUT2D eigenvalue weighted by atomic mass is 16.5. The summed E-state index contributed by atoms with van der Waals surface area (Å²) in [7, 11) is 2.23. The first kappa shape index (κ1) is 12.3. The molecular formula is C13H26N2O. The smallest absolute Gasteiger partial charge is 0.0619 e. The monoisotopic (exact) mass is 226 g/mol. The zero-order valence-electron chi connectivity index (χ0n) is 10.6.